The smallest absolute Gasteiger partial charge is 0.240 e. The van der Waals surface area contributed by atoms with E-state index in [1.807, 2.05) is 26.0 Å². The molecule has 1 saturated heterocycles. The summed E-state index contributed by atoms with van der Waals surface area (Å²) in [5, 5.41) is 0. The summed E-state index contributed by atoms with van der Waals surface area (Å²) in [7, 11) is 0.137. The number of benzene rings is 2. The third-order valence-electron chi connectivity index (χ3n) is 5.40. The van der Waals surface area contributed by atoms with E-state index in [0.717, 1.165) is 37.3 Å². The number of rotatable bonds is 7. The van der Waals surface area contributed by atoms with Gasteiger partial charge in [-0.2, -0.15) is 0 Å². The lowest BCUT2D eigenvalue weighted by Crippen LogP contribution is -2.44. The fourth-order valence-corrected chi connectivity index (χ4v) is 4.53. The number of hydrogen-bond acceptors (Lipinski definition) is 5. The van der Waals surface area contributed by atoms with E-state index in [9.17, 15) is 8.42 Å². The Balaban J connectivity index is 1.66. The highest BCUT2D eigenvalue weighted by Gasteiger charge is 2.18. The minimum absolute atomic E-state index is 0.169. The Kier molecular flexibility index (Phi) is 6.82. The first-order chi connectivity index (χ1) is 13.8. The predicted octanol–water partition coefficient (Wildman–Crippen LogP) is 3.05. The van der Waals surface area contributed by atoms with Gasteiger partial charge in [-0.1, -0.05) is 26.0 Å². The van der Waals surface area contributed by atoms with Crippen molar-refractivity contribution in [3.05, 3.63) is 53.6 Å². The highest BCUT2D eigenvalue weighted by molar-refractivity contribution is 7.89. The van der Waals surface area contributed by atoms with Gasteiger partial charge in [-0.3, -0.25) is 0 Å². The van der Waals surface area contributed by atoms with Gasteiger partial charge in [0.25, 0.3) is 0 Å². The summed E-state index contributed by atoms with van der Waals surface area (Å²) in [6.45, 7) is 8.43. The zero-order valence-corrected chi connectivity index (χ0v) is 18.5. The molecule has 0 atom stereocenters. The largest absolute Gasteiger partial charge is 0.496 e. The van der Waals surface area contributed by atoms with E-state index in [1.165, 1.54) is 5.69 Å². The van der Waals surface area contributed by atoms with Crippen LogP contribution in [0.5, 0.6) is 5.75 Å². The van der Waals surface area contributed by atoms with Crippen LogP contribution in [0, 0.1) is 0 Å². The Labute approximate surface area is 174 Å². The van der Waals surface area contributed by atoms with E-state index in [1.54, 1.807) is 25.3 Å². The first kappa shape index (κ1) is 21.6. The lowest BCUT2D eigenvalue weighted by atomic mass is 10.0. The molecule has 6 nitrogen and oxygen atoms in total. The average molecular weight is 418 g/mol. The van der Waals surface area contributed by atoms with E-state index in [2.05, 4.69) is 33.7 Å². The molecule has 0 bridgehead atoms. The lowest BCUT2D eigenvalue weighted by Gasteiger charge is -2.34. The van der Waals surface area contributed by atoms with Gasteiger partial charge >= 0.3 is 0 Å². The topological polar surface area (TPSA) is 61.9 Å². The van der Waals surface area contributed by atoms with Crippen LogP contribution in [-0.4, -0.2) is 53.7 Å². The Morgan fingerprint density at radius 2 is 1.69 bits per heavy atom. The van der Waals surface area contributed by atoms with E-state index >= 15 is 0 Å². The first-order valence-electron chi connectivity index (χ1n) is 10.00. The summed E-state index contributed by atoms with van der Waals surface area (Å²) in [5.74, 6) is 0.876. The average Bonchev–Trinajstić information content (AvgIpc) is 2.72. The molecule has 1 aliphatic rings. The minimum Gasteiger partial charge on any atom is -0.496 e. The molecule has 158 valence electrons. The first-order valence-corrected chi connectivity index (χ1v) is 11.5. The van der Waals surface area contributed by atoms with Crippen molar-refractivity contribution in [2.45, 2.75) is 31.2 Å². The van der Waals surface area contributed by atoms with Crippen molar-refractivity contribution in [2.75, 3.05) is 45.2 Å². The van der Waals surface area contributed by atoms with Crippen molar-refractivity contribution >= 4 is 15.7 Å². The van der Waals surface area contributed by atoms with Gasteiger partial charge in [-0.15, -0.1) is 0 Å². The second kappa shape index (κ2) is 9.15. The van der Waals surface area contributed by atoms with Gasteiger partial charge < -0.3 is 14.5 Å². The molecule has 0 spiro atoms. The maximum Gasteiger partial charge on any atom is 0.240 e. The molecule has 0 unspecified atom stereocenters. The van der Waals surface area contributed by atoms with E-state index in [-0.39, 0.29) is 17.4 Å². The van der Waals surface area contributed by atoms with Crippen molar-refractivity contribution in [1.29, 1.82) is 0 Å². The molecule has 1 N–H and O–H groups in total. The van der Waals surface area contributed by atoms with Crippen LogP contribution in [0.25, 0.3) is 0 Å². The van der Waals surface area contributed by atoms with Crippen LogP contribution in [0.15, 0.2) is 47.4 Å². The van der Waals surface area contributed by atoms with Crippen molar-refractivity contribution in [1.82, 2.24) is 9.62 Å². The van der Waals surface area contributed by atoms with Crippen LogP contribution in [0.4, 0.5) is 5.69 Å². The second-order valence-corrected chi connectivity index (χ2v) is 9.61. The number of ether oxygens (including phenoxy) is 1. The standard InChI is InChI=1S/C22H31N3O3S/c1-17(2)21-15-20(9-10-22(21)28-4)29(26,27)23-16-18-5-7-19(8-6-18)25-13-11-24(3)12-14-25/h5-10,15,17,23H,11-14,16H2,1-4H3. The molecule has 0 aliphatic carbocycles. The normalized spacial score (nSPS) is 15.7. The summed E-state index contributed by atoms with van der Waals surface area (Å²) < 4.78 is 33.6. The number of hydrogen-bond donors (Lipinski definition) is 1. The van der Waals surface area contributed by atoms with Crippen molar-refractivity contribution < 1.29 is 13.2 Å². The van der Waals surface area contributed by atoms with E-state index in [4.69, 9.17) is 4.74 Å². The SMILES string of the molecule is COc1ccc(S(=O)(=O)NCc2ccc(N3CCN(C)CC3)cc2)cc1C(C)C. The summed E-state index contributed by atoms with van der Waals surface area (Å²) in [5.41, 5.74) is 3.00. The maximum atomic E-state index is 12.8. The van der Waals surface area contributed by atoms with Crippen LogP contribution >= 0.6 is 0 Å². The fourth-order valence-electron chi connectivity index (χ4n) is 3.48. The van der Waals surface area contributed by atoms with E-state index < -0.39 is 10.0 Å². The van der Waals surface area contributed by atoms with Gasteiger partial charge in [0.2, 0.25) is 10.0 Å². The van der Waals surface area contributed by atoms with Gasteiger partial charge in [0.1, 0.15) is 5.75 Å². The van der Waals surface area contributed by atoms with E-state index in [0.29, 0.717) is 5.75 Å². The van der Waals surface area contributed by atoms with Crippen molar-refractivity contribution in [3.8, 4) is 5.75 Å². The third-order valence-corrected chi connectivity index (χ3v) is 6.80. The molecule has 0 saturated carbocycles. The third kappa shape index (κ3) is 5.29. The summed E-state index contributed by atoms with van der Waals surface area (Å²) >= 11 is 0. The fraction of sp³-hybridized carbons (Fsp3) is 0.455. The number of nitrogens with one attached hydrogen (secondary N) is 1. The number of likely N-dealkylation sites (N-methyl/N-ethyl adjacent to an activating group) is 1. The molecule has 0 aromatic heterocycles. The molecule has 0 amide bonds. The van der Waals surface area contributed by atoms with Gasteiger partial charge in [0.15, 0.2) is 0 Å². The number of anilines is 1. The van der Waals surface area contributed by atoms with Crippen LogP contribution in [-0.2, 0) is 16.6 Å². The Morgan fingerprint density at radius 3 is 2.28 bits per heavy atom. The molecule has 0 radical (unpaired) electrons. The molecule has 29 heavy (non-hydrogen) atoms. The van der Waals surface area contributed by atoms with Gasteiger partial charge in [0.05, 0.1) is 12.0 Å². The highest BCUT2D eigenvalue weighted by atomic mass is 32.2. The molecule has 2 aromatic carbocycles. The number of piperazine rings is 1. The summed E-state index contributed by atoms with van der Waals surface area (Å²) in [4.78, 5) is 4.94. The molecule has 1 heterocycles. The van der Waals surface area contributed by atoms with Gasteiger partial charge in [-0.05, 0) is 54.4 Å². The number of methoxy groups -OCH3 is 1. The molecule has 3 rings (SSSR count). The highest BCUT2D eigenvalue weighted by Crippen LogP contribution is 2.29. The van der Waals surface area contributed by atoms with Crippen LogP contribution < -0.4 is 14.4 Å². The molecular formula is C22H31N3O3S. The molecule has 1 aliphatic heterocycles. The Morgan fingerprint density at radius 1 is 1.03 bits per heavy atom. The minimum atomic E-state index is -3.60. The van der Waals surface area contributed by atoms with Crippen molar-refractivity contribution in [3.63, 3.8) is 0 Å². The molecule has 2 aromatic rings. The zero-order chi connectivity index (χ0) is 21.0. The summed E-state index contributed by atoms with van der Waals surface area (Å²) in [6, 6.07) is 13.1. The maximum absolute atomic E-state index is 12.8. The predicted molar refractivity (Wildman–Crippen MR) is 117 cm³/mol. The van der Waals surface area contributed by atoms with Crippen LogP contribution in [0.1, 0.15) is 30.9 Å². The van der Waals surface area contributed by atoms with Gasteiger partial charge in [-0.25, -0.2) is 13.1 Å². The van der Waals surface area contributed by atoms with Crippen LogP contribution in [0.3, 0.4) is 0 Å². The monoisotopic (exact) mass is 417 g/mol. The molecule has 1 fully saturated rings. The Bertz CT molecular complexity index is 919. The molecule has 7 heteroatoms. The second-order valence-electron chi connectivity index (χ2n) is 7.84. The molecular weight excluding hydrogens is 386 g/mol. The number of nitrogens with zero attached hydrogens (tertiary/aromatic N) is 2. The number of sulfonamides is 1. The van der Waals surface area contributed by atoms with Gasteiger partial charge in [0, 0.05) is 38.4 Å². The quantitative estimate of drug-likeness (QED) is 0.750. The van der Waals surface area contributed by atoms with Crippen molar-refractivity contribution in [2.24, 2.45) is 0 Å². The zero-order valence-electron chi connectivity index (χ0n) is 17.7. The lowest BCUT2D eigenvalue weighted by molar-refractivity contribution is 0.313. The summed E-state index contributed by atoms with van der Waals surface area (Å²) in [6.07, 6.45) is 0. The van der Waals surface area contributed by atoms with Crippen LogP contribution in [0.2, 0.25) is 0 Å². The Hall–Kier alpha value is -2.09.